The molecule has 0 radical (unpaired) electrons. The summed E-state index contributed by atoms with van der Waals surface area (Å²) in [5.41, 5.74) is 1.36. The molecular weight excluding hydrogens is 324 g/mol. The molecular formula is C18H28N2O3S. The highest BCUT2D eigenvalue weighted by Crippen LogP contribution is 2.26. The maximum Gasteiger partial charge on any atom is 0.317 e. The molecule has 0 saturated heterocycles. The van der Waals surface area contributed by atoms with Gasteiger partial charge in [0, 0.05) is 28.3 Å². The van der Waals surface area contributed by atoms with Gasteiger partial charge in [0.25, 0.3) is 0 Å². The Hall–Kier alpha value is -1.40. The Bertz CT molecular complexity index is 579. The first-order chi connectivity index (χ1) is 11.4. The topological polar surface area (TPSA) is 69.6 Å². The number of aliphatic carboxylic acids is 1. The van der Waals surface area contributed by atoms with Gasteiger partial charge in [0.2, 0.25) is 5.91 Å². The maximum atomic E-state index is 12.0. The third-order valence-electron chi connectivity index (χ3n) is 4.73. The van der Waals surface area contributed by atoms with E-state index in [1.807, 2.05) is 23.2 Å². The van der Waals surface area contributed by atoms with Gasteiger partial charge in [-0.15, -0.1) is 11.3 Å². The van der Waals surface area contributed by atoms with Crippen molar-refractivity contribution >= 4 is 23.2 Å². The molecule has 1 saturated carbocycles. The first kappa shape index (κ1) is 18.9. The zero-order chi connectivity index (χ0) is 17.7. The number of likely N-dealkylation sites (N-methyl/N-ethyl adjacent to an activating group) is 1. The predicted octanol–water partition coefficient (Wildman–Crippen LogP) is 2.74. The van der Waals surface area contributed by atoms with Crippen molar-refractivity contribution in [2.24, 2.45) is 0 Å². The van der Waals surface area contributed by atoms with Crippen molar-refractivity contribution < 1.29 is 14.7 Å². The minimum absolute atomic E-state index is 0.0846. The minimum atomic E-state index is -0.789. The molecule has 1 aromatic heterocycles. The van der Waals surface area contributed by atoms with Crippen LogP contribution in [-0.2, 0) is 16.0 Å². The summed E-state index contributed by atoms with van der Waals surface area (Å²) in [6, 6.07) is 2.71. The molecule has 0 spiro atoms. The van der Waals surface area contributed by atoms with Gasteiger partial charge in [-0.3, -0.25) is 14.5 Å². The normalized spacial score (nSPS) is 20.0. The Kier molecular flexibility index (Phi) is 6.80. The van der Waals surface area contributed by atoms with Crippen LogP contribution in [0.5, 0.6) is 0 Å². The van der Waals surface area contributed by atoms with Crippen molar-refractivity contribution in [1.29, 1.82) is 0 Å². The number of thiophene rings is 1. The van der Waals surface area contributed by atoms with Crippen LogP contribution in [0.4, 0.5) is 0 Å². The number of nitrogens with one attached hydrogen (secondary N) is 1. The number of amides is 1. The number of aryl methyl sites for hydroxylation is 3. The van der Waals surface area contributed by atoms with Crippen molar-refractivity contribution in [2.75, 3.05) is 13.1 Å². The molecule has 1 aliphatic rings. The summed E-state index contributed by atoms with van der Waals surface area (Å²) in [7, 11) is 0. The summed E-state index contributed by atoms with van der Waals surface area (Å²) in [4.78, 5) is 27.5. The fraction of sp³-hybridized carbons (Fsp3) is 0.667. The Morgan fingerprint density at radius 1 is 1.38 bits per heavy atom. The van der Waals surface area contributed by atoms with Gasteiger partial charge in [0.15, 0.2) is 0 Å². The van der Waals surface area contributed by atoms with Gasteiger partial charge in [-0.1, -0.05) is 6.92 Å². The highest BCUT2D eigenvalue weighted by molar-refractivity contribution is 7.12. The molecule has 1 aliphatic carbocycles. The van der Waals surface area contributed by atoms with E-state index < -0.39 is 5.97 Å². The Morgan fingerprint density at radius 3 is 2.62 bits per heavy atom. The molecule has 1 heterocycles. The van der Waals surface area contributed by atoms with Crippen LogP contribution >= 0.6 is 11.3 Å². The number of carbonyl (C=O) groups excluding carboxylic acids is 1. The molecule has 2 rings (SSSR count). The van der Waals surface area contributed by atoms with Gasteiger partial charge in [-0.05, 0) is 57.7 Å². The van der Waals surface area contributed by atoms with E-state index in [1.54, 1.807) is 0 Å². The molecule has 6 heteroatoms. The van der Waals surface area contributed by atoms with E-state index in [9.17, 15) is 9.59 Å². The zero-order valence-corrected chi connectivity index (χ0v) is 15.6. The second-order valence-electron chi connectivity index (χ2n) is 6.64. The van der Waals surface area contributed by atoms with Crippen molar-refractivity contribution in [3.05, 3.63) is 21.4 Å². The molecule has 5 nitrogen and oxygen atoms in total. The van der Waals surface area contributed by atoms with Crippen LogP contribution in [0.25, 0.3) is 0 Å². The molecule has 0 unspecified atom stereocenters. The monoisotopic (exact) mass is 352 g/mol. The molecule has 1 fully saturated rings. The second kappa shape index (κ2) is 8.62. The highest BCUT2D eigenvalue weighted by atomic mass is 32.1. The molecule has 0 aliphatic heterocycles. The number of rotatable bonds is 9. The number of carboxylic acid groups (broad SMARTS) is 1. The third-order valence-corrected chi connectivity index (χ3v) is 5.74. The summed E-state index contributed by atoms with van der Waals surface area (Å²) in [5, 5.41) is 12.0. The second-order valence-corrected chi connectivity index (χ2v) is 8.10. The Balaban J connectivity index is 1.64. The number of carbonyl (C=O) groups is 2. The highest BCUT2D eigenvalue weighted by Gasteiger charge is 2.34. The molecule has 1 amide bonds. The lowest BCUT2D eigenvalue weighted by molar-refractivity contribution is -0.139. The van der Waals surface area contributed by atoms with Crippen LogP contribution in [0.2, 0.25) is 0 Å². The van der Waals surface area contributed by atoms with Gasteiger partial charge >= 0.3 is 5.97 Å². The lowest BCUT2D eigenvalue weighted by atomic mass is 9.85. The first-order valence-electron chi connectivity index (χ1n) is 8.70. The Morgan fingerprint density at radius 2 is 2.08 bits per heavy atom. The molecule has 134 valence electrons. The zero-order valence-electron chi connectivity index (χ0n) is 14.8. The van der Waals surface area contributed by atoms with Crippen LogP contribution in [0.15, 0.2) is 6.07 Å². The average molecular weight is 353 g/mol. The SMILES string of the molecule is CCN(CC(=O)O)C1CC(NC(=O)CCCc2cc(C)sc2C)C1. The lowest BCUT2D eigenvalue weighted by Gasteiger charge is -2.42. The van der Waals surface area contributed by atoms with Gasteiger partial charge in [0.1, 0.15) is 0 Å². The minimum Gasteiger partial charge on any atom is -0.480 e. The summed E-state index contributed by atoms with van der Waals surface area (Å²) in [6.07, 6.45) is 4.10. The quantitative estimate of drug-likeness (QED) is 0.717. The van der Waals surface area contributed by atoms with E-state index in [1.165, 1.54) is 15.3 Å². The van der Waals surface area contributed by atoms with Crippen LogP contribution in [-0.4, -0.2) is 47.1 Å². The molecule has 2 N–H and O–H groups in total. The van der Waals surface area contributed by atoms with E-state index in [0.29, 0.717) is 6.42 Å². The largest absolute Gasteiger partial charge is 0.480 e. The van der Waals surface area contributed by atoms with Crippen LogP contribution in [0.3, 0.4) is 0 Å². The van der Waals surface area contributed by atoms with Crippen molar-refractivity contribution in [3.8, 4) is 0 Å². The van der Waals surface area contributed by atoms with E-state index in [0.717, 1.165) is 32.2 Å². The summed E-state index contributed by atoms with van der Waals surface area (Å²) >= 11 is 1.81. The van der Waals surface area contributed by atoms with Gasteiger partial charge in [0.05, 0.1) is 6.54 Å². The van der Waals surface area contributed by atoms with Crippen LogP contribution in [0, 0.1) is 13.8 Å². The maximum absolute atomic E-state index is 12.0. The average Bonchev–Trinajstić information content (AvgIpc) is 2.78. The number of hydrogen-bond donors (Lipinski definition) is 2. The third kappa shape index (κ3) is 5.31. The van der Waals surface area contributed by atoms with Crippen molar-refractivity contribution in [1.82, 2.24) is 10.2 Å². The van der Waals surface area contributed by atoms with Crippen LogP contribution in [0.1, 0.15) is 47.9 Å². The van der Waals surface area contributed by atoms with Crippen molar-refractivity contribution in [3.63, 3.8) is 0 Å². The molecule has 24 heavy (non-hydrogen) atoms. The number of hydrogen-bond acceptors (Lipinski definition) is 4. The number of nitrogens with zero attached hydrogens (tertiary/aromatic N) is 1. The van der Waals surface area contributed by atoms with E-state index in [2.05, 4.69) is 25.2 Å². The predicted molar refractivity (Wildman–Crippen MR) is 96.6 cm³/mol. The Labute approximate surface area is 148 Å². The smallest absolute Gasteiger partial charge is 0.317 e. The fourth-order valence-corrected chi connectivity index (χ4v) is 4.32. The fourth-order valence-electron chi connectivity index (χ4n) is 3.35. The van der Waals surface area contributed by atoms with Gasteiger partial charge in [-0.2, -0.15) is 0 Å². The molecule has 0 aromatic carbocycles. The molecule has 0 bridgehead atoms. The first-order valence-corrected chi connectivity index (χ1v) is 9.51. The van der Waals surface area contributed by atoms with Gasteiger partial charge < -0.3 is 10.4 Å². The molecule has 1 aromatic rings. The van der Waals surface area contributed by atoms with E-state index in [4.69, 9.17) is 5.11 Å². The van der Waals surface area contributed by atoms with Crippen LogP contribution < -0.4 is 5.32 Å². The number of carboxylic acids is 1. The van der Waals surface area contributed by atoms with Gasteiger partial charge in [-0.25, -0.2) is 0 Å². The van der Waals surface area contributed by atoms with Crippen molar-refractivity contribution in [2.45, 2.75) is 65.0 Å². The summed E-state index contributed by atoms with van der Waals surface area (Å²) in [6.45, 7) is 7.05. The van der Waals surface area contributed by atoms with E-state index >= 15 is 0 Å². The standard InChI is InChI=1S/C18H28N2O3S/c1-4-20(11-18(22)23)16-9-15(10-16)19-17(21)7-5-6-14-8-12(2)24-13(14)3/h8,15-16H,4-7,9-11H2,1-3H3,(H,19,21)(H,22,23). The van der Waals surface area contributed by atoms with E-state index in [-0.39, 0.29) is 24.5 Å². The summed E-state index contributed by atoms with van der Waals surface area (Å²) < 4.78 is 0. The molecule has 0 atom stereocenters. The lowest BCUT2D eigenvalue weighted by Crippen LogP contribution is -2.54. The summed E-state index contributed by atoms with van der Waals surface area (Å²) in [5.74, 6) is -0.673.